The van der Waals surface area contributed by atoms with Gasteiger partial charge in [0.2, 0.25) is 29.5 Å². The van der Waals surface area contributed by atoms with E-state index in [1.165, 1.54) is 4.90 Å². The maximum absolute atomic E-state index is 14.5. The number of carbonyl (C=O) groups is 6. The molecule has 3 heterocycles. The molecule has 5 amide bonds. The Morgan fingerprint density at radius 3 is 2.23 bits per heavy atom. The molecule has 0 aliphatic carbocycles. The number of guanidine groups is 1. The van der Waals surface area contributed by atoms with Crippen molar-refractivity contribution >= 4 is 52.2 Å². The fraction of sp³-hybridized carbons (Fsp3) is 0.533. The second-order valence-corrected chi connectivity index (χ2v) is 16.9. The molecule has 2 saturated heterocycles. The van der Waals surface area contributed by atoms with Crippen molar-refractivity contribution in [3.63, 3.8) is 0 Å². The molecule has 2 fully saturated rings. The molecule has 1 aromatic heterocycles. The molecule has 0 saturated carbocycles. The number of hydrogen-bond acceptors (Lipinski definition) is 11. The summed E-state index contributed by atoms with van der Waals surface area (Å²) in [5, 5.41) is 36.6. The molecule has 2 aliphatic heterocycles. The highest BCUT2D eigenvalue weighted by molar-refractivity contribution is 5.96. The Bertz CT molecular complexity index is 2070. The van der Waals surface area contributed by atoms with Crippen LogP contribution in [0.1, 0.15) is 75.8 Å². The van der Waals surface area contributed by atoms with Gasteiger partial charge in [0.1, 0.15) is 36.2 Å². The lowest BCUT2D eigenvalue weighted by Crippen LogP contribution is -2.60. The Balaban J connectivity index is 1.47. The van der Waals surface area contributed by atoms with Crippen LogP contribution in [0, 0.1) is 5.92 Å². The first-order valence-corrected chi connectivity index (χ1v) is 22.2. The number of rotatable bonds is 9. The third-order valence-electron chi connectivity index (χ3n) is 11.8. The molecule has 19 nitrogen and oxygen atoms in total. The van der Waals surface area contributed by atoms with Gasteiger partial charge in [-0.05, 0) is 62.3 Å². The highest BCUT2D eigenvalue weighted by atomic mass is 16.3. The fourth-order valence-electron chi connectivity index (χ4n) is 8.17. The van der Waals surface area contributed by atoms with Crippen LogP contribution < -0.4 is 43.8 Å². The summed E-state index contributed by atoms with van der Waals surface area (Å²) in [5.41, 5.74) is 19.3. The molecule has 5 rings (SSSR count). The zero-order valence-corrected chi connectivity index (χ0v) is 36.5. The zero-order chi connectivity index (χ0) is 46.2. The predicted octanol–water partition coefficient (Wildman–Crippen LogP) is -0.666. The van der Waals surface area contributed by atoms with Gasteiger partial charge in [0, 0.05) is 74.8 Å². The van der Waals surface area contributed by atoms with Crippen LogP contribution in [0.15, 0.2) is 65.8 Å². The first kappa shape index (κ1) is 49.1. The van der Waals surface area contributed by atoms with Crippen LogP contribution >= 0.6 is 0 Å². The Kier molecular flexibility index (Phi) is 18.6. The van der Waals surface area contributed by atoms with Gasteiger partial charge in [0.25, 0.3) is 0 Å². The largest absolute Gasteiger partial charge is 0.391 e. The minimum atomic E-state index is -1.42. The Morgan fingerprint density at radius 2 is 1.48 bits per heavy atom. The maximum atomic E-state index is 14.5. The van der Waals surface area contributed by atoms with E-state index in [9.17, 15) is 39.0 Å². The standard InChI is InChI=1S/C45H65N11O8/c1-27-16-17-30(57)18-21-49-19-8-7-14-34(39(46)59)52-42(62)37(23-29-25-51-33-13-6-5-12-32(29)33)54-40(60)35(15-9-20-50-45(47)48)53-41(61)36(22-28-10-3-2-4-11-28)55-43(63)38-24-31(58)26-56(38)44(27)64/h2-6,10-13,25,27,31,34-39,49,51,58-59H,7-9,14-24,26,46H2,1H3,(H,52,62)(H,53,61)(H,54,60)(H,55,63)(H4,47,48,50)/t27-,31+,34-,35-,36+,37-,38-,39-/m0/s1. The lowest BCUT2D eigenvalue weighted by atomic mass is 10.00. The van der Waals surface area contributed by atoms with Gasteiger partial charge in [-0.15, -0.1) is 0 Å². The number of amides is 5. The van der Waals surface area contributed by atoms with E-state index in [-0.39, 0.29) is 76.2 Å². The van der Waals surface area contributed by atoms with Crippen LogP contribution in [-0.4, -0.2) is 130 Å². The lowest BCUT2D eigenvalue weighted by Gasteiger charge is -2.29. The van der Waals surface area contributed by atoms with E-state index in [2.05, 4.69) is 36.6 Å². The number of nitrogens with zero attached hydrogens (tertiary/aromatic N) is 2. The second kappa shape index (κ2) is 24.2. The molecule has 2 aromatic carbocycles. The van der Waals surface area contributed by atoms with Crippen LogP contribution in [0.4, 0.5) is 0 Å². The number of hydrogen-bond donors (Lipinski definition) is 11. The minimum Gasteiger partial charge on any atom is -0.391 e. The van der Waals surface area contributed by atoms with Crippen molar-refractivity contribution in [2.45, 2.75) is 120 Å². The van der Waals surface area contributed by atoms with Crippen LogP contribution in [-0.2, 0) is 41.6 Å². The first-order chi connectivity index (χ1) is 30.7. The number of fused-ring (bicyclic) bond motifs is 2. The summed E-state index contributed by atoms with van der Waals surface area (Å²) in [6.45, 7) is 2.70. The fourth-order valence-corrected chi connectivity index (χ4v) is 8.17. The smallest absolute Gasteiger partial charge is 0.243 e. The highest BCUT2D eigenvalue weighted by Crippen LogP contribution is 2.24. The van der Waals surface area contributed by atoms with Crippen LogP contribution in [0.25, 0.3) is 10.9 Å². The number of aliphatic hydroxyl groups is 2. The predicted molar refractivity (Wildman–Crippen MR) is 241 cm³/mol. The van der Waals surface area contributed by atoms with Gasteiger partial charge in [0.05, 0.1) is 12.1 Å². The molecule has 14 N–H and O–H groups in total. The molecule has 348 valence electrons. The number of ketones is 1. The minimum absolute atomic E-state index is 0.00570. The number of aliphatic imine (C=N–C) groups is 1. The summed E-state index contributed by atoms with van der Waals surface area (Å²) in [6.07, 6.45) is 1.76. The van der Waals surface area contributed by atoms with E-state index in [0.717, 1.165) is 16.5 Å². The zero-order valence-electron chi connectivity index (χ0n) is 36.5. The number of aromatic amines is 1. The molecule has 0 unspecified atom stereocenters. The van der Waals surface area contributed by atoms with E-state index in [1.807, 2.05) is 24.3 Å². The number of aliphatic hydroxyl groups excluding tert-OH is 2. The van der Waals surface area contributed by atoms with Crippen molar-refractivity contribution in [3.05, 3.63) is 71.9 Å². The van der Waals surface area contributed by atoms with Crippen molar-refractivity contribution in [1.82, 2.24) is 36.5 Å². The normalized spacial score (nSPS) is 26.0. The van der Waals surface area contributed by atoms with E-state index in [4.69, 9.17) is 17.2 Å². The summed E-state index contributed by atoms with van der Waals surface area (Å²) in [7, 11) is 0. The number of nitrogens with one attached hydrogen (secondary N) is 6. The molecule has 0 radical (unpaired) electrons. The van der Waals surface area contributed by atoms with Gasteiger partial charge in [-0.3, -0.25) is 33.8 Å². The number of benzene rings is 2. The van der Waals surface area contributed by atoms with Crippen molar-refractivity contribution in [3.8, 4) is 0 Å². The molecule has 8 atom stereocenters. The third kappa shape index (κ3) is 14.6. The molecular weight excluding hydrogens is 823 g/mol. The summed E-state index contributed by atoms with van der Waals surface area (Å²) >= 11 is 0. The quantitative estimate of drug-likeness (QED) is 0.0552. The highest BCUT2D eigenvalue weighted by Gasteiger charge is 2.41. The Morgan fingerprint density at radius 1 is 0.812 bits per heavy atom. The summed E-state index contributed by atoms with van der Waals surface area (Å²) in [6, 6.07) is 10.7. The summed E-state index contributed by atoms with van der Waals surface area (Å²) in [4.78, 5) is 92.3. The number of nitrogens with two attached hydrogens (primary N) is 3. The van der Waals surface area contributed by atoms with Crippen LogP contribution in [0.2, 0.25) is 0 Å². The first-order valence-electron chi connectivity index (χ1n) is 22.2. The van der Waals surface area contributed by atoms with Gasteiger partial charge in [0.15, 0.2) is 5.96 Å². The summed E-state index contributed by atoms with van der Waals surface area (Å²) < 4.78 is 0. The molecule has 3 aromatic rings. The van der Waals surface area contributed by atoms with E-state index in [1.54, 1.807) is 43.5 Å². The van der Waals surface area contributed by atoms with Gasteiger partial charge in [-0.1, -0.05) is 55.5 Å². The average molecular weight is 888 g/mol. The summed E-state index contributed by atoms with van der Waals surface area (Å²) in [5.74, 6) is -3.91. The van der Waals surface area contributed by atoms with Gasteiger partial charge in [-0.25, -0.2) is 0 Å². The SMILES string of the molecule is C[C@H]1CCC(=O)CCNCCCC[C@@H]([C@@H](N)O)NC(=O)[C@H](Cc2c[nH]c3ccccc23)NC(=O)[C@H](CCCN=C(N)N)NC(=O)[C@@H](Cc2ccccc2)NC(=O)[C@@H]2C[C@@H](O)CN2C1=O. The third-order valence-corrected chi connectivity index (χ3v) is 11.8. The monoisotopic (exact) mass is 888 g/mol. The van der Waals surface area contributed by atoms with Crippen molar-refractivity contribution < 1.29 is 39.0 Å². The topological polar surface area (TPSA) is 312 Å². The number of H-pyrrole nitrogens is 1. The maximum Gasteiger partial charge on any atom is 0.243 e. The molecule has 64 heavy (non-hydrogen) atoms. The van der Waals surface area contributed by atoms with Gasteiger partial charge in [-0.2, -0.15) is 0 Å². The van der Waals surface area contributed by atoms with Gasteiger partial charge < -0.3 is 63.9 Å². The number of para-hydroxylation sites is 1. The lowest BCUT2D eigenvalue weighted by molar-refractivity contribution is -0.142. The van der Waals surface area contributed by atoms with Crippen molar-refractivity contribution in [2.75, 3.05) is 26.2 Å². The molecule has 0 bridgehead atoms. The number of Topliss-reactive ketones (excluding diaryl/α,β-unsaturated/α-hetero) is 1. The van der Waals surface area contributed by atoms with E-state index >= 15 is 0 Å². The van der Waals surface area contributed by atoms with Crippen LogP contribution in [0.3, 0.4) is 0 Å². The Hall–Kier alpha value is -5.89. The van der Waals surface area contributed by atoms with Crippen LogP contribution in [0.5, 0.6) is 0 Å². The van der Waals surface area contributed by atoms with Crippen molar-refractivity contribution in [1.29, 1.82) is 0 Å². The average Bonchev–Trinajstić information content (AvgIpc) is 3.87. The molecule has 19 heteroatoms. The number of carbonyl (C=O) groups excluding carboxylic acids is 6. The Labute approximate surface area is 373 Å². The number of aromatic nitrogens is 1. The van der Waals surface area contributed by atoms with E-state index in [0.29, 0.717) is 37.9 Å². The molecule has 0 spiro atoms. The second-order valence-electron chi connectivity index (χ2n) is 16.9. The molecule has 2 aliphatic rings. The van der Waals surface area contributed by atoms with Crippen molar-refractivity contribution in [2.24, 2.45) is 28.1 Å². The van der Waals surface area contributed by atoms with E-state index < -0.39 is 78.0 Å². The molecular formula is C45H65N11O8. The van der Waals surface area contributed by atoms with Gasteiger partial charge >= 0.3 is 0 Å².